The molecular weight excluding hydrogens is 326 g/mol. The fourth-order valence-electron chi connectivity index (χ4n) is 2.00. The lowest BCUT2D eigenvalue weighted by Crippen LogP contribution is -2.30. The summed E-state index contributed by atoms with van der Waals surface area (Å²) in [5.41, 5.74) is 12.7. The van der Waals surface area contributed by atoms with E-state index in [1.165, 1.54) is 0 Å². The van der Waals surface area contributed by atoms with E-state index in [0.29, 0.717) is 24.1 Å². The second-order valence-corrected chi connectivity index (χ2v) is 5.59. The Morgan fingerprint density at radius 3 is 2.60 bits per heavy atom. The highest BCUT2D eigenvalue weighted by atomic mass is 79.9. The number of hydrogen-bond donors (Lipinski definition) is 4. The fraction of sp³-hybridized carbons (Fsp3) is 0.250. The number of nitrogens with zero attached hydrogens (tertiary/aromatic N) is 1. The average Bonchev–Trinajstić information content (AvgIpc) is 2.63. The maximum Gasteiger partial charge on any atom is 0.277 e. The van der Waals surface area contributed by atoms with Crippen molar-refractivity contribution >= 4 is 33.7 Å². The molecule has 0 radical (unpaired) electrons. The highest BCUT2D eigenvalue weighted by Gasteiger charge is 2.27. The zero-order valence-electron chi connectivity index (χ0n) is 10.8. The molecule has 0 aromatic heterocycles. The Hall–Kier alpha value is -2.09. The van der Waals surface area contributed by atoms with E-state index in [4.69, 9.17) is 11.5 Å². The van der Waals surface area contributed by atoms with Crippen LogP contribution in [0.25, 0.3) is 0 Å². The van der Waals surface area contributed by atoms with Crippen molar-refractivity contribution in [3.63, 3.8) is 0 Å². The molecule has 2 amide bonds. The molecular formula is C12H14BrN5O2. The van der Waals surface area contributed by atoms with Crippen molar-refractivity contribution in [3.8, 4) is 0 Å². The number of nitrogens with two attached hydrogens (primary N) is 2. The summed E-state index contributed by atoms with van der Waals surface area (Å²) >= 11 is 3.30. The highest BCUT2D eigenvalue weighted by Crippen LogP contribution is 2.27. The van der Waals surface area contributed by atoms with Gasteiger partial charge in [0.1, 0.15) is 11.4 Å². The number of carbonyl (C=O) groups is 2. The predicted octanol–water partition coefficient (Wildman–Crippen LogP) is -0.284. The predicted molar refractivity (Wildman–Crippen MR) is 78.3 cm³/mol. The van der Waals surface area contributed by atoms with E-state index in [-0.39, 0.29) is 23.3 Å². The van der Waals surface area contributed by atoms with E-state index in [2.05, 4.69) is 31.6 Å². The lowest BCUT2D eigenvalue weighted by molar-refractivity contribution is -0.117. The lowest BCUT2D eigenvalue weighted by Gasteiger charge is -2.09. The number of halogens is 1. The molecule has 0 saturated heterocycles. The molecule has 0 aromatic rings. The number of hydrogen-bond acceptors (Lipinski definition) is 5. The molecule has 0 fully saturated rings. The molecule has 0 bridgehead atoms. The van der Waals surface area contributed by atoms with Gasteiger partial charge >= 0.3 is 0 Å². The Kier molecular flexibility index (Phi) is 3.93. The van der Waals surface area contributed by atoms with Crippen LogP contribution in [0, 0.1) is 0 Å². The van der Waals surface area contributed by atoms with Crippen molar-refractivity contribution in [3.05, 3.63) is 33.1 Å². The van der Waals surface area contributed by atoms with Crippen LogP contribution >= 0.6 is 15.9 Å². The van der Waals surface area contributed by atoms with Crippen molar-refractivity contribution in [1.29, 1.82) is 0 Å². The van der Waals surface area contributed by atoms with E-state index in [0.717, 1.165) is 4.48 Å². The zero-order valence-corrected chi connectivity index (χ0v) is 12.4. The topological polar surface area (TPSA) is 123 Å². The molecule has 2 rings (SSSR count). The molecule has 6 N–H and O–H groups in total. The molecule has 0 aromatic carbocycles. The van der Waals surface area contributed by atoms with Gasteiger partial charge in [0.25, 0.3) is 11.8 Å². The summed E-state index contributed by atoms with van der Waals surface area (Å²) in [5, 5.41) is 5.08. The summed E-state index contributed by atoms with van der Waals surface area (Å²) in [4.78, 5) is 27.6. The van der Waals surface area contributed by atoms with E-state index >= 15 is 0 Å². The summed E-state index contributed by atoms with van der Waals surface area (Å²) < 4.78 is 0.776. The standard InChI is InChI=1S/C12H14BrN5O2/c1-5(13)4-7-6(2-3-16-10(19)8(7)14)9-11(20)18-12(15)17-9/h4H,2-3,14H2,1H3,(H,16,19)(H3,15,17,18,20)/b5-4+,9-6-. The van der Waals surface area contributed by atoms with Crippen LogP contribution in [0.15, 0.2) is 38.1 Å². The van der Waals surface area contributed by atoms with Gasteiger partial charge < -0.3 is 16.8 Å². The van der Waals surface area contributed by atoms with Gasteiger partial charge in [0.05, 0.1) is 0 Å². The molecule has 0 saturated carbocycles. The first-order valence-corrected chi connectivity index (χ1v) is 6.70. The van der Waals surface area contributed by atoms with E-state index < -0.39 is 5.91 Å². The number of nitrogens with one attached hydrogen (secondary N) is 2. The summed E-state index contributed by atoms with van der Waals surface area (Å²) in [7, 11) is 0. The lowest BCUT2D eigenvalue weighted by atomic mass is 9.98. The smallest absolute Gasteiger partial charge is 0.277 e. The van der Waals surface area contributed by atoms with Crippen molar-refractivity contribution in [2.75, 3.05) is 6.54 Å². The average molecular weight is 340 g/mol. The molecule has 8 heteroatoms. The minimum atomic E-state index is -0.391. The van der Waals surface area contributed by atoms with Crippen LogP contribution in [0.5, 0.6) is 0 Å². The molecule has 0 spiro atoms. The highest BCUT2D eigenvalue weighted by molar-refractivity contribution is 9.11. The van der Waals surface area contributed by atoms with Crippen LogP contribution in [-0.4, -0.2) is 24.3 Å². The normalized spacial score (nSPS) is 24.3. The summed E-state index contributed by atoms with van der Waals surface area (Å²) in [6.45, 7) is 2.18. The van der Waals surface area contributed by atoms with Gasteiger partial charge in [0.2, 0.25) is 5.96 Å². The van der Waals surface area contributed by atoms with Crippen LogP contribution in [-0.2, 0) is 9.59 Å². The van der Waals surface area contributed by atoms with E-state index in [1.54, 1.807) is 13.0 Å². The number of guanidine groups is 1. The van der Waals surface area contributed by atoms with Gasteiger partial charge in [-0.2, -0.15) is 0 Å². The van der Waals surface area contributed by atoms with Gasteiger partial charge in [-0.25, -0.2) is 4.99 Å². The Morgan fingerprint density at radius 2 is 2.05 bits per heavy atom. The molecule has 7 nitrogen and oxygen atoms in total. The van der Waals surface area contributed by atoms with E-state index in [9.17, 15) is 9.59 Å². The van der Waals surface area contributed by atoms with Crippen molar-refractivity contribution < 1.29 is 9.59 Å². The van der Waals surface area contributed by atoms with Gasteiger partial charge in [-0.1, -0.05) is 15.9 Å². The maximum absolute atomic E-state index is 11.9. The van der Waals surface area contributed by atoms with Crippen LogP contribution in [0.4, 0.5) is 0 Å². The molecule has 2 heterocycles. The summed E-state index contributed by atoms with van der Waals surface area (Å²) in [5.74, 6) is -0.716. The second kappa shape index (κ2) is 5.49. The van der Waals surface area contributed by atoms with Crippen LogP contribution in [0.3, 0.4) is 0 Å². The molecule has 2 aliphatic heterocycles. The Balaban J connectivity index is 2.66. The number of rotatable bonds is 1. The molecule has 0 atom stereocenters. The minimum Gasteiger partial charge on any atom is -0.394 e. The third-order valence-electron chi connectivity index (χ3n) is 2.84. The first-order chi connectivity index (χ1) is 9.40. The largest absolute Gasteiger partial charge is 0.394 e. The number of aliphatic imine (C=N–C) groups is 1. The van der Waals surface area contributed by atoms with Gasteiger partial charge in [0.15, 0.2) is 0 Å². The third kappa shape index (κ3) is 2.74. The van der Waals surface area contributed by atoms with Gasteiger partial charge in [-0.15, -0.1) is 0 Å². The maximum atomic E-state index is 11.9. The Morgan fingerprint density at radius 1 is 1.35 bits per heavy atom. The Bertz CT molecular complexity index is 611. The van der Waals surface area contributed by atoms with Gasteiger partial charge in [-0.3, -0.25) is 14.9 Å². The molecule has 0 unspecified atom stereocenters. The first-order valence-electron chi connectivity index (χ1n) is 5.91. The van der Waals surface area contributed by atoms with Gasteiger partial charge in [-0.05, 0) is 29.5 Å². The van der Waals surface area contributed by atoms with Gasteiger partial charge in [0, 0.05) is 12.1 Å². The SMILES string of the molecule is C/C(Br)=C\C1=C(N)C(=O)NCC/C1=C1/N=C(N)NC1=O. The summed E-state index contributed by atoms with van der Waals surface area (Å²) in [6, 6.07) is 0. The van der Waals surface area contributed by atoms with Crippen molar-refractivity contribution in [2.24, 2.45) is 16.5 Å². The van der Waals surface area contributed by atoms with Crippen LogP contribution in [0.1, 0.15) is 13.3 Å². The second-order valence-electron chi connectivity index (χ2n) is 4.34. The molecule has 0 aliphatic carbocycles. The number of carbonyl (C=O) groups excluding carboxylic acids is 2. The molecule has 20 heavy (non-hydrogen) atoms. The monoisotopic (exact) mass is 339 g/mol. The van der Waals surface area contributed by atoms with E-state index in [1.807, 2.05) is 0 Å². The first kappa shape index (κ1) is 14.3. The Labute approximate surface area is 124 Å². The zero-order chi connectivity index (χ0) is 14.9. The molecule has 106 valence electrons. The number of allylic oxidation sites excluding steroid dienone is 3. The van der Waals surface area contributed by atoms with Crippen LogP contribution < -0.4 is 22.1 Å². The molecule has 2 aliphatic rings. The van der Waals surface area contributed by atoms with Crippen molar-refractivity contribution in [1.82, 2.24) is 10.6 Å². The van der Waals surface area contributed by atoms with Crippen molar-refractivity contribution in [2.45, 2.75) is 13.3 Å². The minimum absolute atomic E-state index is 0.0403. The number of amides is 2. The quantitative estimate of drug-likeness (QED) is 0.490. The van der Waals surface area contributed by atoms with Crippen LogP contribution in [0.2, 0.25) is 0 Å². The summed E-state index contributed by atoms with van der Waals surface area (Å²) in [6.07, 6.45) is 2.14. The third-order valence-corrected chi connectivity index (χ3v) is 3.07. The fourth-order valence-corrected chi connectivity index (χ4v) is 2.23.